The Morgan fingerprint density at radius 3 is 2.53 bits per heavy atom. The average molecular weight is 286 g/mol. The number of aromatic nitrogens is 1. The van der Waals surface area contributed by atoms with Crippen LogP contribution in [0.5, 0.6) is 0 Å². The number of nitrogens with zero attached hydrogens (tertiary/aromatic N) is 3. The molecule has 1 aliphatic heterocycles. The van der Waals surface area contributed by atoms with Crippen molar-refractivity contribution < 1.29 is 4.39 Å². The third-order valence-electron chi connectivity index (χ3n) is 3.63. The van der Waals surface area contributed by atoms with Crippen LogP contribution in [0.1, 0.15) is 31.0 Å². The van der Waals surface area contributed by atoms with E-state index in [0.29, 0.717) is 22.8 Å². The van der Waals surface area contributed by atoms with Gasteiger partial charge in [0.05, 0.1) is 10.7 Å². The number of hydrogen-bond donors (Lipinski definition) is 0. The Labute approximate surface area is 119 Å². The van der Waals surface area contributed by atoms with Crippen LogP contribution in [0.4, 0.5) is 4.39 Å². The van der Waals surface area contributed by atoms with Gasteiger partial charge in [0.1, 0.15) is 0 Å². The molecule has 0 aliphatic carbocycles. The number of hydrogen-bond acceptors (Lipinski definition) is 3. The first kappa shape index (κ1) is 14.7. The Hall–Kier alpha value is -0.710. The minimum atomic E-state index is -0.235. The van der Waals surface area contributed by atoms with Gasteiger partial charge in [-0.2, -0.15) is 0 Å². The second-order valence-corrected chi connectivity index (χ2v) is 5.92. The first-order chi connectivity index (χ1) is 8.99. The predicted octanol–water partition coefficient (Wildman–Crippen LogP) is 2.74. The number of piperazine rings is 1. The Morgan fingerprint density at radius 2 is 1.95 bits per heavy atom. The lowest BCUT2D eigenvalue weighted by Crippen LogP contribution is -2.44. The summed E-state index contributed by atoms with van der Waals surface area (Å²) in [6.45, 7) is 8.41. The van der Waals surface area contributed by atoms with Gasteiger partial charge in [-0.05, 0) is 13.0 Å². The summed E-state index contributed by atoms with van der Waals surface area (Å²) < 4.78 is 14.4. The van der Waals surface area contributed by atoms with Crippen LogP contribution in [0.2, 0.25) is 5.02 Å². The van der Waals surface area contributed by atoms with Crippen molar-refractivity contribution in [3.05, 3.63) is 28.3 Å². The van der Waals surface area contributed by atoms with Crippen LogP contribution < -0.4 is 0 Å². The smallest absolute Gasteiger partial charge is 0.150 e. The monoisotopic (exact) mass is 285 g/mol. The van der Waals surface area contributed by atoms with Gasteiger partial charge < -0.3 is 4.90 Å². The van der Waals surface area contributed by atoms with E-state index in [9.17, 15) is 4.39 Å². The lowest BCUT2D eigenvalue weighted by atomic mass is 10.0. The van der Waals surface area contributed by atoms with Gasteiger partial charge in [0.15, 0.2) is 5.82 Å². The van der Waals surface area contributed by atoms with E-state index in [2.05, 4.69) is 21.8 Å². The van der Waals surface area contributed by atoms with Crippen LogP contribution in [0, 0.1) is 5.82 Å². The minimum Gasteiger partial charge on any atom is -0.304 e. The fourth-order valence-corrected chi connectivity index (χ4v) is 2.73. The quantitative estimate of drug-likeness (QED) is 0.851. The van der Waals surface area contributed by atoms with Crippen molar-refractivity contribution >= 4 is 11.6 Å². The second kappa shape index (κ2) is 6.16. The molecule has 2 rings (SSSR count). The van der Waals surface area contributed by atoms with E-state index in [1.54, 1.807) is 6.20 Å². The summed E-state index contributed by atoms with van der Waals surface area (Å²) >= 11 is 6.04. The topological polar surface area (TPSA) is 19.4 Å². The summed E-state index contributed by atoms with van der Waals surface area (Å²) in [6, 6.07) is 0. The Morgan fingerprint density at radius 1 is 1.32 bits per heavy atom. The molecule has 1 aliphatic rings. The molecule has 1 aromatic rings. The summed E-state index contributed by atoms with van der Waals surface area (Å²) in [7, 11) is 2.11. The summed E-state index contributed by atoms with van der Waals surface area (Å²) in [5.74, 6) is -0.164. The highest BCUT2D eigenvalue weighted by atomic mass is 35.5. The van der Waals surface area contributed by atoms with Crippen LogP contribution in [0.15, 0.2) is 6.20 Å². The van der Waals surface area contributed by atoms with Gasteiger partial charge in [0, 0.05) is 44.5 Å². The molecule has 106 valence electrons. The molecule has 1 aromatic heterocycles. The maximum absolute atomic E-state index is 14.4. The molecule has 5 heteroatoms. The maximum atomic E-state index is 14.4. The summed E-state index contributed by atoms with van der Waals surface area (Å²) in [5, 5.41) is 0.426. The number of pyridine rings is 1. The number of rotatable bonds is 3. The lowest BCUT2D eigenvalue weighted by molar-refractivity contribution is 0.145. The summed E-state index contributed by atoms with van der Waals surface area (Å²) in [4.78, 5) is 8.69. The molecule has 0 saturated carbocycles. The number of likely N-dealkylation sites (N-methyl/N-ethyl adjacent to an activating group) is 1. The molecule has 0 N–H and O–H groups in total. The lowest BCUT2D eigenvalue weighted by Gasteiger charge is -2.32. The molecule has 0 amide bonds. The van der Waals surface area contributed by atoms with Crippen molar-refractivity contribution in [2.45, 2.75) is 26.3 Å². The molecule has 1 fully saturated rings. The normalized spacial score (nSPS) is 18.2. The molecule has 0 unspecified atom stereocenters. The van der Waals surface area contributed by atoms with Crippen LogP contribution in [-0.4, -0.2) is 48.0 Å². The molecule has 0 radical (unpaired) electrons. The van der Waals surface area contributed by atoms with E-state index in [4.69, 9.17) is 11.6 Å². The fourth-order valence-electron chi connectivity index (χ4n) is 2.38. The minimum absolute atomic E-state index is 0.0711. The van der Waals surface area contributed by atoms with Crippen LogP contribution in [0.3, 0.4) is 0 Å². The molecule has 0 atom stereocenters. The van der Waals surface area contributed by atoms with Gasteiger partial charge in [-0.25, -0.2) is 4.39 Å². The van der Waals surface area contributed by atoms with Crippen molar-refractivity contribution in [1.82, 2.24) is 14.8 Å². The molecule has 2 heterocycles. The summed E-state index contributed by atoms with van der Waals surface area (Å²) in [5.41, 5.74) is 1.10. The Kier molecular flexibility index (Phi) is 4.76. The highest BCUT2D eigenvalue weighted by Gasteiger charge is 2.20. The maximum Gasteiger partial charge on any atom is 0.150 e. The van der Waals surface area contributed by atoms with Gasteiger partial charge in [-0.1, -0.05) is 25.4 Å². The van der Waals surface area contributed by atoms with Crippen LogP contribution >= 0.6 is 11.6 Å². The van der Waals surface area contributed by atoms with Gasteiger partial charge in [-0.15, -0.1) is 0 Å². The first-order valence-electron chi connectivity index (χ1n) is 6.72. The van der Waals surface area contributed by atoms with E-state index < -0.39 is 0 Å². The van der Waals surface area contributed by atoms with Gasteiger partial charge in [0.2, 0.25) is 0 Å². The van der Waals surface area contributed by atoms with E-state index >= 15 is 0 Å². The Bertz CT molecular complexity index is 443. The predicted molar refractivity (Wildman–Crippen MR) is 76.1 cm³/mol. The zero-order valence-corrected chi connectivity index (χ0v) is 12.5. The first-order valence-corrected chi connectivity index (χ1v) is 7.10. The summed E-state index contributed by atoms with van der Waals surface area (Å²) in [6.07, 6.45) is 1.57. The molecule has 1 saturated heterocycles. The van der Waals surface area contributed by atoms with E-state index in [1.165, 1.54) is 0 Å². The van der Waals surface area contributed by atoms with Crippen LogP contribution in [-0.2, 0) is 6.54 Å². The van der Waals surface area contributed by atoms with Gasteiger partial charge >= 0.3 is 0 Å². The molecule has 19 heavy (non-hydrogen) atoms. The standard InChI is InChI=1S/C14H21ClFN3/c1-10(2)13-11(15)8-17-12(14(13)16)9-19-6-4-18(3)5-7-19/h8,10H,4-7,9H2,1-3H3. The largest absolute Gasteiger partial charge is 0.304 e. The average Bonchev–Trinajstić information content (AvgIpc) is 2.35. The highest BCUT2D eigenvalue weighted by molar-refractivity contribution is 6.31. The van der Waals surface area contributed by atoms with E-state index in [-0.39, 0.29) is 11.7 Å². The van der Waals surface area contributed by atoms with Crippen molar-refractivity contribution in [2.75, 3.05) is 33.2 Å². The van der Waals surface area contributed by atoms with Gasteiger partial charge in [-0.3, -0.25) is 9.88 Å². The molecule has 0 spiro atoms. The molecule has 0 aromatic carbocycles. The molecular weight excluding hydrogens is 265 g/mol. The zero-order chi connectivity index (χ0) is 14.0. The SMILES string of the molecule is CC(C)c1c(Cl)cnc(CN2CCN(C)CC2)c1F. The molecule has 3 nitrogen and oxygen atoms in total. The van der Waals surface area contributed by atoms with Crippen molar-refractivity contribution in [3.8, 4) is 0 Å². The van der Waals surface area contributed by atoms with Gasteiger partial charge in [0.25, 0.3) is 0 Å². The fraction of sp³-hybridized carbons (Fsp3) is 0.643. The third kappa shape index (κ3) is 3.44. The third-order valence-corrected chi connectivity index (χ3v) is 3.93. The molecular formula is C14H21ClFN3. The van der Waals surface area contributed by atoms with E-state index in [0.717, 1.165) is 26.2 Å². The van der Waals surface area contributed by atoms with E-state index in [1.807, 2.05) is 13.8 Å². The second-order valence-electron chi connectivity index (χ2n) is 5.51. The van der Waals surface area contributed by atoms with Crippen molar-refractivity contribution in [1.29, 1.82) is 0 Å². The number of halogens is 2. The van der Waals surface area contributed by atoms with Crippen molar-refractivity contribution in [2.24, 2.45) is 0 Å². The Balaban J connectivity index is 2.15. The van der Waals surface area contributed by atoms with Crippen molar-refractivity contribution in [3.63, 3.8) is 0 Å². The highest BCUT2D eigenvalue weighted by Crippen LogP contribution is 2.28. The zero-order valence-electron chi connectivity index (χ0n) is 11.8. The van der Waals surface area contributed by atoms with Crippen LogP contribution in [0.25, 0.3) is 0 Å². The molecule has 0 bridgehead atoms.